The summed E-state index contributed by atoms with van der Waals surface area (Å²) in [7, 11) is 0.597. The molecule has 1 aromatic rings. The van der Waals surface area contributed by atoms with Gasteiger partial charge in [-0.1, -0.05) is 23.7 Å². The number of benzene rings is 1. The van der Waals surface area contributed by atoms with E-state index in [0.717, 1.165) is 16.4 Å². The summed E-state index contributed by atoms with van der Waals surface area (Å²) in [5, 5.41) is 10.5. The van der Waals surface area contributed by atoms with Crippen LogP contribution in [0.3, 0.4) is 0 Å². The average molecular weight is 457 g/mol. The number of hydrogen-bond acceptors (Lipinski definition) is 6. The third-order valence-corrected chi connectivity index (χ3v) is 8.01. The van der Waals surface area contributed by atoms with E-state index in [4.69, 9.17) is 23.3 Å². The predicted molar refractivity (Wildman–Crippen MR) is 135 cm³/mol. The van der Waals surface area contributed by atoms with Crippen LogP contribution < -0.4 is 16.4 Å². The molecule has 0 spiro atoms. The summed E-state index contributed by atoms with van der Waals surface area (Å²) < 4.78 is 31.3. The van der Waals surface area contributed by atoms with Crippen molar-refractivity contribution < 1.29 is 28.4 Å². The highest BCUT2D eigenvalue weighted by molar-refractivity contribution is 6.67. The molecule has 1 aromatic carbocycles. The number of hydrogen-bond donors (Lipinski definition) is 1. The molecule has 0 saturated carbocycles. The molecule has 33 heavy (non-hydrogen) atoms. The van der Waals surface area contributed by atoms with Crippen molar-refractivity contribution in [3.05, 3.63) is 18.2 Å². The molecule has 0 amide bonds. The van der Waals surface area contributed by atoms with Gasteiger partial charge < -0.3 is 28.4 Å². The summed E-state index contributed by atoms with van der Waals surface area (Å²) in [5.74, 6) is 0. The van der Waals surface area contributed by atoms with Crippen molar-refractivity contribution in [2.24, 2.45) is 0 Å². The van der Waals surface area contributed by atoms with Gasteiger partial charge in [0.1, 0.15) is 0 Å². The topological polar surface area (TPSA) is 66.4 Å². The van der Waals surface area contributed by atoms with Gasteiger partial charge >= 0.3 is 21.7 Å². The fourth-order valence-corrected chi connectivity index (χ4v) is 3.36. The molecule has 1 radical (unpaired) electrons. The second kappa shape index (κ2) is 8.11. The number of rotatable bonds is 6. The minimum atomic E-state index is -1.03. The molecular formula is C24H40B3O6. The van der Waals surface area contributed by atoms with Crippen LogP contribution in [0.4, 0.5) is 0 Å². The highest BCUT2D eigenvalue weighted by atomic mass is 16.7. The predicted octanol–water partition coefficient (Wildman–Crippen LogP) is 2.10. The highest BCUT2D eigenvalue weighted by Gasteiger charge is 2.54. The van der Waals surface area contributed by atoms with Gasteiger partial charge in [0.15, 0.2) is 0 Å². The maximum atomic E-state index is 10.5. The molecule has 9 heteroatoms. The first-order chi connectivity index (χ1) is 14.7. The molecular weight excluding hydrogens is 417 g/mol. The Balaban J connectivity index is 1.97. The van der Waals surface area contributed by atoms with Crippen molar-refractivity contribution in [1.82, 2.24) is 0 Å². The van der Waals surface area contributed by atoms with Crippen molar-refractivity contribution in [3.63, 3.8) is 0 Å². The molecule has 0 aromatic heterocycles. The molecule has 2 aliphatic heterocycles. The van der Waals surface area contributed by atoms with Gasteiger partial charge in [-0.2, -0.15) is 0 Å². The van der Waals surface area contributed by atoms with Crippen LogP contribution in [0, 0.1) is 0 Å². The van der Waals surface area contributed by atoms with E-state index in [0.29, 0.717) is 0 Å². The second-order valence-corrected chi connectivity index (χ2v) is 12.4. The molecule has 0 bridgehead atoms. The largest absolute Gasteiger partial charge is 0.494 e. The minimum absolute atomic E-state index is 0.457. The Hall–Kier alpha value is -0.825. The van der Waals surface area contributed by atoms with Gasteiger partial charge in [-0.3, -0.25) is 0 Å². The van der Waals surface area contributed by atoms with E-state index >= 15 is 0 Å². The molecule has 2 heterocycles. The zero-order chi connectivity index (χ0) is 25.3. The Morgan fingerprint density at radius 1 is 0.697 bits per heavy atom. The monoisotopic (exact) mass is 457 g/mol. The molecule has 3 rings (SSSR count). The van der Waals surface area contributed by atoms with E-state index in [1.807, 2.05) is 87.4 Å². The molecule has 2 fully saturated rings. The SMILES string of the molecule is CC(C)(O)C(C)(C)O[B]c1cc(B2OC(C)(C)C(C)(C)O2)cc(B2OC(C)(C)C(C)(C)O2)c1. The Labute approximate surface area is 201 Å². The Morgan fingerprint density at radius 2 is 1.03 bits per heavy atom. The van der Waals surface area contributed by atoms with Crippen LogP contribution in [0.2, 0.25) is 0 Å². The van der Waals surface area contributed by atoms with E-state index in [1.54, 1.807) is 21.3 Å². The fourth-order valence-electron chi connectivity index (χ4n) is 3.36. The molecule has 181 valence electrons. The summed E-state index contributed by atoms with van der Waals surface area (Å²) in [5.41, 5.74) is -1.12. The molecule has 2 saturated heterocycles. The third-order valence-electron chi connectivity index (χ3n) is 8.01. The molecule has 1 N–H and O–H groups in total. The van der Waals surface area contributed by atoms with E-state index < -0.39 is 47.8 Å². The first-order valence-electron chi connectivity index (χ1n) is 11.8. The summed E-state index contributed by atoms with van der Waals surface area (Å²) >= 11 is 0. The lowest BCUT2D eigenvalue weighted by atomic mass is 9.67. The van der Waals surface area contributed by atoms with Crippen molar-refractivity contribution in [2.75, 3.05) is 0 Å². The summed E-state index contributed by atoms with van der Waals surface area (Å²) in [6.45, 7) is 23.5. The zero-order valence-corrected chi connectivity index (χ0v) is 22.5. The Morgan fingerprint density at radius 3 is 1.33 bits per heavy atom. The normalized spacial score (nSPS) is 23.8. The molecule has 0 unspecified atom stereocenters. The van der Waals surface area contributed by atoms with Crippen LogP contribution >= 0.6 is 0 Å². The maximum absolute atomic E-state index is 10.5. The summed E-state index contributed by atoms with van der Waals surface area (Å²) in [4.78, 5) is 0. The van der Waals surface area contributed by atoms with Gasteiger partial charge in [0.2, 0.25) is 0 Å². The van der Waals surface area contributed by atoms with E-state index in [1.165, 1.54) is 0 Å². The molecule has 0 atom stereocenters. The van der Waals surface area contributed by atoms with Crippen LogP contribution in [-0.2, 0) is 23.3 Å². The first-order valence-corrected chi connectivity index (χ1v) is 11.8. The maximum Gasteiger partial charge on any atom is 0.494 e. The average Bonchev–Trinajstić information content (AvgIpc) is 2.98. The number of aliphatic hydroxyl groups is 1. The summed E-state index contributed by atoms with van der Waals surface area (Å²) in [6, 6.07) is 5.98. The van der Waals surface area contributed by atoms with Gasteiger partial charge in [-0.15, -0.1) is 0 Å². The van der Waals surface area contributed by atoms with Crippen molar-refractivity contribution >= 4 is 38.1 Å². The smallest absolute Gasteiger partial charge is 0.427 e. The Kier molecular flexibility index (Phi) is 6.58. The molecule has 6 nitrogen and oxygen atoms in total. The Bertz CT molecular complexity index is 802. The minimum Gasteiger partial charge on any atom is -0.427 e. The quantitative estimate of drug-likeness (QED) is 0.661. The highest BCUT2D eigenvalue weighted by Crippen LogP contribution is 2.37. The van der Waals surface area contributed by atoms with Crippen LogP contribution in [0.5, 0.6) is 0 Å². The lowest BCUT2D eigenvalue weighted by molar-refractivity contribution is -0.0893. The third kappa shape index (κ3) is 5.09. The van der Waals surface area contributed by atoms with Gasteiger partial charge in [0.05, 0.1) is 33.6 Å². The van der Waals surface area contributed by atoms with Gasteiger partial charge in [0.25, 0.3) is 0 Å². The zero-order valence-electron chi connectivity index (χ0n) is 22.5. The molecule has 2 aliphatic rings. The standard InChI is InChI=1S/C24H40B3O6/c1-19(2,28)20(3,4)29-25-16-13-17(26-30-21(5,6)22(7,8)31-26)15-18(14-16)27-32-23(9,10)24(11,12)33-27/h13-15,28H,1-12H3. The molecule has 0 aliphatic carbocycles. The van der Waals surface area contributed by atoms with E-state index in [2.05, 4.69) is 0 Å². The van der Waals surface area contributed by atoms with Crippen molar-refractivity contribution in [2.45, 2.75) is 117 Å². The second-order valence-electron chi connectivity index (χ2n) is 12.4. The van der Waals surface area contributed by atoms with Gasteiger partial charge in [0, 0.05) is 0 Å². The van der Waals surface area contributed by atoms with Crippen LogP contribution in [0.25, 0.3) is 0 Å². The lowest BCUT2D eigenvalue weighted by Gasteiger charge is -2.37. The van der Waals surface area contributed by atoms with E-state index in [9.17, 15) is 5.11 Å². The first kappa shape index (κ1) is 26.8. The summed E-state index contributed by atoms with van der Waals surface area (Å²) in [6.07, 6.45) is 0. The fraction of sp³-hybridized carbons (Fsp3) is 0.750. The van der Waals surface area contributed by atoms with Gasteiger partial charge in [-0.05, 0) is 94.0 Å². The van der Waals surface area contributed by atoms with E-state index in [-0.39, 0.29) is 0 Å². The van der Waals surface area contributed by atoms with Crippen LogP contribution in [0.15, 0.2) is 18.2 Å². The lowest BCUT2D eigenvalue weighted by Crippen LogP contribution is -2.50. The van der Waals surface area contributed by atoms with Gasteiger partial charge in [-0.25, -0.2) is 0 Å². The van der Waals surface area contributed by atoms with Crippen LogP contribution in [0.1, 0.15) is 83.1 Å². The van der Waals surface area contributed by atoms with Crippen LogP contribution in [-0.4, -0.2) is 60.4 Å². The van der Waals surface area contributed by atoms with Crippen molar-refractivity contribution in [3.8, 4) is 0 Å². The van der Waals surface area contributed by atoms with Crippen molar-refractivity contribution in [1.29, 1.82) is 0 Å².